The summed E-state index contributed by atoms with van der Waals surface area (Å²) in [7, 11) is 0. The van der Waals surface area contributed by atoms with Crippen LogP contribution in [0.3, 0.4) is 0 Å². The zero-order chi connectivity index (χ0) is 15.2. The minimum Gasteiger partial charge on any atom is -0.468 e. The number of hydrogen-bond acceptors (Lipinski definition) is 5. The Morgan fingerprint density at radius 1 is 1.38 bits per heavy atom. The number of H-pyrrole nitrogens is 1. The van der Waals surface area contributed by atoms with Crippen molar-refractivity contribution in [1.29, 1.82) is 0 Å². The fourth-order valence-corrected chi connectivity index (χ4v) is 1.77. The predicted octanol–water partition coefficient (Wildman–Crippen LogP) is -0.637. The molecule has 2 amide bonds. The third-order valence-corrected chi connectivity index (χ3v) is 2.70. The molecule has 0 atom stereocenters. The van der Waals surface area contributed by atoms with Crippen LogP contribution in [0.4, 0.5) is 0 Å². The van der Waals surface area contributed by atoms with Crippen LogP contribution in [0.5, 0.6) is 0 Å². The van der Waals surface area contributed by atoms with Gasteiger partial charge in [-0.05, 0) is 6.07 Å². The number of rotatable bonds is 6. The topological polar surface area (TPSA) is 131 Å². The average Bonchev–Trinajstić information content (AvgIpc) is 2.86. The van der Waals surface area contributed by atoms with Gasteiger partial charge in [0.15, 0.2) is 0 Å². The summed E-state index contributed by atoms with van der Waals surface area (Å²) in [4.78, 5) is 40.4. The number of amides is 2. The lowest BCUT2D eigenvalue weighted by Gasteiger charge is -2.04. The number of carbonyl (C=O) groups is 2. The SMILES string of the molecule is NC(=O)Cc1occc1C(=O)NCCc1nccc(=O)[nH]1. The highest BCUT2D eigenvalue weighted by molar-refractivity contribution is 5.96. The molecule has 0 aromatic carbocycles. The maximum absolute atomic E-state index is 11.9. The van der Waals surface area contributed by atoms with Crippen molar-refractivity contribution in [1.82, 2.24) is 15.3 Å². The molecule has 0 saturated carbocycles. The van der Waals surface area contributed by atoms with Crippen LogP contribution in [0.25, 0.3) is 0 Å². The fourth-order valence-electron chi connectivity index (χ4n) is 1.77. The molecular weight excluding hydrogens is 276 g/mol. The summed E-state index contributed by atoms with van der Waals surface area (Å²) < 4.78 is 5.06. The molecule has 0 spiro atoms. The highest BCUT2D eigenvalue weighted by Crippen LogP contribution is 2.10. The van der Waals surface area contributed by atoms with E-state index in [-0.39, 0.29) is 35.8 Å². The molecular formula is C13H14N4O4. The average molecular weight is 290 g/mol. The molecule has 8 nitrogen and oxygen atoms in total. The molecule has 2 heterocycles. The Labute approximate surface area is 119 Å². The first-order valence-electron chi connectivity index (χ1n) is 6.23. The predicted molar refractivity (Wildman–Crippen MR) is 72.5 cm³/mol. The molecule has 2 aromatic heterocycles. The molecule has 0 aliphatic heterocycles. The Morgan fingerprint density at radius 3 is 2.90 bits per heavy atom. The van der Waals surface area contributed by atoms with Crippen molar-refractivity contribution in [2.75, 3.05) is 6.54 Å². The number of nitrogens with two attached hydrogens (primary N) is 1. The Morgan fingerprint density at radius 2 is 2.19 bits per heavy atom. The van der Waals surface area contributed by atoms with Gasteiger partial charge in [-0.2, -0.15) is 0 Å². The van der Waals surface area contributed by atoms with E-state index in [9.17, 15) is 14.4 Å². The molecule has 2 rings (SSSR count). The van der Waals surface area contributed by atoms with E-state index in [1.165, 1.54) is 24.6 Å². The molecule has 0 unspecified atom stereocenters. The van der Waals surface area contributed by atoms with Gasteiger partial charge >= 0.3 is 0 Å². The molecule has 2 aromatic rings. The first-order chi connectivity index (χ1) is 10.1. The quantitative estimate of drug-likeness (QED) is 0.651. The van der Waals surface area contributed by atoms with Crippen LogP contribution < -0.4 is 16.6 Å². The van der Waals surface area contributed by atoms with E-state index < -0.39 is 5.91 Å². The maximum atomic E-state index is 11.9. The summed E-state index contributed by atoms with van der Waals surface area (Å²) in [6.45, 7) is 0.285. The van der Waals surface area contributed by atoms with Crippen molar-refractivity contribution in [3.05, 3.63) is 52.1 Å². The van der Waals surface area contributed by atoms with Gasteiger partial charge in [-0.1, -0.05) is 0 Å². The molecule has 0 fully saturated rings. The third kappa shape index (κ3) is 4.03. The number of aromatic nitrogens is 2. The Hall–Kier alpha value is -2.90. The molecule has 0 radical (unpaired) electrons. The number of primary amides is 1. The summed E-state index contributed by atoms with van der Waals surface area (Å²) in [6.07, 6.45) is 2.97. The summed E-state index contributed by atoms with van der Waals surface area (Å²) in [5, 5.41) is 2.65. The van der Waals surface area contributed by atoms with Crippen molar-refractivity contribution >= 4 is 11.8 Å². The van der Waals surface area contributed by atoms with Crippen LogP contribution in [0.15, 0.2) is 33.8 Å². The molecule has 110 valence electrons. The van der Waals surface area contributed by atoms with Crippen molar-refractivity contribution in [3.8, 4) is 0 Å². The lowest BCUT2D eigenvalue weighted by atomic mass is 10.2. The van der Waals surface area contributed by atoms with Crippen LogP contribution in [0, 0.1) is 0 Å². The molecule has 0 bridgehead atoms. The molecule has 21 heavy (non-hydrogen) atoms. The second-order valence-electron chi connectivity index (χ2n) is 4.29. The Bertz CT molecular complexity index is 704. The first kappa shape index (κ1) is 14.5. The number of carbonyl (C=O) groups excluding carboxylic acids is 2. The van der Waals surface area contributed by atoms with Crippen LogP contribution in [-0.4, -0.2) is 28.3 Å². The lowest BCUT2D eigenvalue weighted by Crippen LogP contribution is -2.27. The third-order valence-electron chi connectivity index (χ3n) is 2.70. The molecule has 0 saturated heterocycles. The maximum Gasteiger partial charge on any atom is 0.254 e. The zero-order valence-electron chi connectivity index (χ0n) is 11.1. The van der Waals surface area contributed by atoms with Gasteiger partial charge in [0.2, 0.25) is 5.91 Å². The Kier molecular flexibility index (Phi) is 4.50. The van der Waals surface area contributed by atoms with E-state index in [0.717, 1.165) is 0 Å². The smallest absolute Gasteiger partial charge is 0.254 e. The van der Waals surface area contributed by atoms with Gasteiger partial charge in [-0.3, -0.25) is 14.4 Å². The second kappa shape index (κ2) is 6.51. The van der Waals surface area contributed by atoms with E-state index in [1.807, 2.05) is 0 Å². The number of hydrogen-bond donors (Lipinski definition) is 3. The number of nitrogens with zero attached hydrogens (tertiary/aromatic N) is 1. The molecule has 0 aliphatic carbocycles. The number of nitrogens with one attached hydrogen (secondary N) is 2. The summed E-state index contributed by atoms with van der Waals surface area (Å²) in [5.41, 5.74) is 5.09. The van der Waals surface area contributed by atoms with E-state index in [1.54, 1.807) is 0 Å². The van der Waals surface area contributed by atoms with Crippen molar-refractivity contribution in [2.24, 2.45) is 5.73 Å². The van der Waals surface area contributed by atoms with Crippen LogP contribution in [-0.2, 0) is 17.6 Å². The largest absolute Gasteiger partial charge is 0.468 e. The van der Waals surface area contributed by atoms with Gasteiger partial charge in [0.05, 0.1) is 18.2 Å². The lowest BCUT2D eigenvalue weighted by molar-refractivity contribution is -0.117. The van der Waals surface area contributed by atoms with Crippen molar-refractivity contribution in [3.63, 3.8) is 0 Å². The van der Waals surface area contributed by atoms with Gasteiger partial charge in [-0.25, -0.2) is 4.98 Å². The van der Waals surface area contributed by atoms with E-state index in [2.05, 4.69) is 15.3 Å². The molecule has 0 aliphatic rings. The van der Waals surface area contributed by atoms with Gasteiger partial charge in [-0.15, -0.1) is 0 Å². The van der Waals surface area contributed by atoms with Gasteiger partial charge in [0.1, 0.15) is 11.6 Å². The van der Waals surface area contributed by atoms with Crippen LogP contribution >= 0.6 is 0 Å². The number of aromatic amines is 1. The minimum atomic E-state index is -0.579. The standard InChI is InChI=1S/C13H14N4O4/c14-10(18)7-9-8(3-6-21-9)13(20)16-4-1-11-15-5-2-12(19)17-11/h2-3,5-6H,1,4,7H2,(H2,14,18)(H,16,20)(H,15,17,19). The van der Waals surface area contributed by atoms with Gasteiger partial charge in [0, 0.05) is 25.2 Å². The first-order valence-corrected chi connectivity index (χ1v) is 6.23. The van der Waals surface area contributed by atoms with Crippen molar-refractivity contribution < 1.29 is 14.0 Å². The number of furan rings is 1. The van der Waals surface area contributed by atoms with E-state index >= 15 is 0 Å². The summed E-state index contributed by atoms with van der Waals surface area (Å²) >= 11 is 0. The summed E-state index contributed by atoms with van der Waals surface area (Å²) in [5.74, 6) is -0.248. The van der Waals surface area contributed by atoms with Gasteiger partial charge < -0.3 is 20.5 Å². The molecule has 8 heteroatoms. The highest BCUT2D eigenvalue weighted by Gasteiger charge is 2.15. The minimum absolute atomic E-state index is 0.136. The highest BCUT2D eigenvalue weighted by atomic mass is 16.3. The van der Waals surface area contributed by atoms with Crippen molar-refractivity contribution in [2.45, 2.75) is 12.8 Å². The summed E-state index contributed by atoms with van der Waals surface area (Å²) in [6, 6.07) is 2.78. The van der Waals surface area contributed by atoms with E-state index in [4.69, 9.17) is 10.2 Å². The second-order valence-corrected chi connectivity index (χ2v) is 4.29. The Balaban J connectivity index is 1.92. The monoisotopic (exact) mass is 290 g/mol. The van der Waals surface area contributed by atoms with Gasteiger partial charge in [0.25, 0.3) is 11.5 Å². The van der Waals surface area contributed by atoms with Crippen LogP contribution in [0.2, 0.25) is 0 Å². The fraction of sp³-hybridized carbons (Fsp3) is 0.231. The molecule has 4 N–H and O–H groups in total. The normalized spacial score (nSPS) is 10.3. The van der Waals surface area contributed by atoms with E-state index in [0.29, 0.717) is 12.2 Å². The van der Waals surface area contributed by atoms with Crippen LogP contribution in [0.1, 0.15) is 21.9 Å². The zero-order valence-corrected chi connectivity index (χ0v) is 11.1.